The number of likely N-dealkylation sites (N-methyl/N-ethyl adjacent to an activating group) is 1. The number of hydrogen-bond acceptors (Lipinski definition) is 3. The Balaban J connectivity index is 1.81. The van der Waals surface area contributed by atoms with Crippen LogP contribution < -0.4 is 5.32 Å². The van der Waals surface area contributed by atoms with Gasteiger partial charge in [-0.1, -0.05) is 0 Å². The Hall–Kier alpha value is -0.610. The van der Waals surface area contributed by atoms with Crippen molar-refractivity contribution in [3.63, 3.8) is 0 Å². The third-order valence-corrected chi connectivity index (χ3v) is 3.32. The van der Waals surface area contributed by atoms with Gasteiger partial charge in [0, 0.05) is 45.2 Å². The Morgan fingerprint density at radius 1 is 1.40 bits per heavy atom. The molecule has 0 aromatic heterocycles. The van der Waals surface area contributed by atoms with E-state index in [1.54, 1.807) is 0 Å². The number of piperidine rings is 1. The molecule has 2 fully saturated rings. The molecule has 2 heterocycles. The average Bonchev–Trinajstić information content (AvgIpc) is 2.22. The van der Waals surface area contributed by atoms with Crippen LogP contribution in [-0.2, 0) is 4.79 Å². The van der Waals surface area contributed by atoms with Gasteiger partial charge in [0.05, 0.1) is 0 Å². The first-order chi connectivity index (χ1) is 7.25. The molecule has 2 aliphatic heterocycles. The molecule has 0 spiro atoms. The molecule has 86 valence electrons. The maximum atomic E-state index is 11.6. The molecule has 1 amide bonds. The summed E-state index contributed by atoms with van der Waals surface area (Å²) in [6.07, 6.45) is 3.00. The van der Waals surface area contributed by atoms with Crippen LogP contribution >= 0.6 is 0 Å². The van der Waals surface area contributed by atoms with Crippen LogP contribution in [-0.4, -0.2) is 61.5 Å². The third kappa shape index (κ3) is 2.92. The summed E-state index contributed by atoms with van der Waals surface area (Å²) in [7, 11) is 2.14. The molecule has 1 unspecified atom stereocenters. The van der Waals surface area contributed by atoms with E-state index in [2.05, 4.69) is 17.3 Å². The first kappa shape index (κ1) is 10.9. The predicted octanol–water partition coefficient (Wildman–Crippen LogP) is -0.0975. The number of likely N-dealkylation sites (tertiary alicyclic amines) is 1. The number of hydrogen-bond donors (Lipinski definition) is 1. The second-order valence-corrected chi connectivity index (χ2v) is 4.71. The van der Waals surface area contributed by atoms with Crippen molar-refractivity contribution in [1.82, 2.24) is 15.1 Å². The summed E-state index contributed by atoms with van der Waals surface area (Å²) >= 11 is 0. The first-order valence-corrected chi connectivity index (χ1v) is 5.95. The smallest absolute Gasteiger partial charge is 0.222 e. The Morgan fingerprint density at radius 3 is 3.00 bits per heavy atom. The van der Waals surface area contributed by atoms with E-state index in [1.807, 2.05) is 4.90 Å². The molecule has 0 aliphatic carbocycles. The van der Waals surface area contributed by atoms with Gasteiger partial charge in [0.2, 0.25) is 5.91 Å². The summed E-state index contributed by atoms with van der Waals surface area (Å²) in [4.78, 5) is 16.0. The van der Waals surface area contributed by atoms with Gasteiger partial charge < -0.3 is 15.1 Å². The highest BCUT2D eigenvalue weighted by Gasteiger charge is 2.23. The summed E-state index contributed by atoms with van der Waals surface area (Å²) in [5, 5.41) is 3.48. The van der Waals surface area contributed by atoms with E-state index in [0.29, 0.717) is 11.9 Å². The van der Waals surface area contributed by atoms with Crippen LogP contribution in [0.1, 0.15) is 19.3 Å². The normalized spacial score (nSPS) is 29.5. The van der Waals surface area contributed by atoms with Crippen molar-refractivity contribution in [3.8, 4) is 0 Å². The predicted molar refractivity (Wildman–Crippen MR) is 59.7 cm³/mol. The fourth-order valence-corrected chi connectivity index (χ4v) is 2.43. The zero-order chi connectivity index (χ0) is 10.7. The highest BCUT2D eigenvalue weighted by atomic mass is 16.2. The monoisotopic (exact) mass is 211 g/mol. The second-order valence-electron chi connectivity index (χ2n) is 4.71. The van der Waals surface area contributed by atoms with E-state index in [4.69, 9.17) is 0 Å². The van der Waals surface area contributed by atoms with Gasteiger partial charge in [0.15, 0.2) is 0 Å². The van der Waals surface area contributed by atoms with E-state index in [1.165, 1.54) is 6.42 Å². The Morgan fingerprint density at radius 2 is 2.27 bits per heavy atom. The number of nitrogens with one attached hydrogen (secondary N) is 1. The van der Waals surface area contributed by atoms with E-state index >= 15 is 0 Å². The van der Waals surface area contributed by atoms with Crippen LogP contribution in [0.25, 0.3) is 0 Å². The number of carbonyl (C=O) groups excluding carboxylic acids is 1. The van der Waals surface area contributed by atoms with Crippen LogP contribution in [0.2, 0.25) is 0 Å². The van der Waals surface area contributed by atoms with Crippen molar-refractivity contribution in [3.05, 3.63) is 0 Å². The molecule has 2 aliphatic rings. The number of carbonyl (C=O) groups is 1. The van der Waals surface area contributed by atoms with Crippen molar-refractivity contribution in [2.75, 3.05) is 39.8 Å². The molecule has 1 N–H and O–H groups in total. The fraction of sp³-hybridized carbons (Fsp3) is 0.909. The molecule has 0 aromatic rings. The molecule has 2 rings (SSSR count). The van der Waals surface area contributed by atoms with E-state index in [9.17, 15) is 4.79 Å². The molecular formula is C11H21N3O. The van der Waals surface area contributed by atoms with Gasteiger partial charge in [-0.05, 0) is 19.9 Å². The molecule has 0 bridgehead atoms. The molecule has 4 nitrogen and oxygen atoms in total. The minimum absolute atomic E-state index is 0.344. The van der Waals surface area contributed by atoms with Crippen molar-refractivity contribution in [1.29, 1.82) is 0 Å². The van der Waals surface area contributed by atoms with E-state index in [-0.39, 0.29) is 0 Å². The fourth-order valence-electron chi connectivity index (χ4n) is 2.43. The molecule has 4 heteroatoms. The molecule has 1 atom stereocenters. The lowest BCUT2D eigenvalue weighted by Gasteiger charge is -2.36. The maximum Gasteiger partial charge on any atom is 0.222 e. The number of nitrogens with zero attached hydrogens (tertiary/aromatic N) is 2. The van der Waals surface area contributed by atoms with Crippen LogP contribution in [0.4, 0.5) is 0 Å². The zero-order valence-electron chi connectivity index (χ0n) is 9.54. The maximum absolute atomic E-state index is 11.6. The first-order valence-electron chi connectivity index (χ1n) is 5.95. The Kier molecular flexibility index (Phi) is 3.59. The third-order valence-electron chi connectivity index (χ3n) is 3.32. The minimum atomic E-state index is 0.344. The summed E-state index contributed by atoms with van der Waals surface area (Å²) in [6, 6.07) is 0.464. The van der Waals surface area contributed by atoms with Gasteiger partial charge in [0.1, 0.15) is 0 Å². The summed E-state index contributed by atoms with van der Waals surface area (Å²) in [6.45, 7) is 5.07. The van der Waals surface area contributed by atoms with Crippen molar-refractivity contribution in [2.24, 2.45) is 0 Å². The highest BCUT2D eigenvalue weighted by Crippen LogP contribution is 2.11. The van der Waals surface area contributed by atoms with Crippen LogP contribution in [0.3, 0.4) is 0 Å². The summed E-state index contributed by atoms with van der Waals surface area (Å²) < 4.78 is 0. The largest absolute Gasteiger partial charge is 0.341 e. The van der Waals surface area contributed by atoms with Gasteiger partial charge in [-0.2, -0.15) is 0 Å². The number of piperazine rings is 1. The molecule has 2 saturated heterocycles. The SMILES string of the molecule is CN1CCNC(CN2CCCCC2=O)C1. The standard InChI is InChI=1S/C11H21N3O/c1-13-7-5-12-10(8-13)9-14-6-3-2-4-11(14)15/h10,12H,2-9H2,1H3. The molecular weight excluding hydrogens is 190 g/mol. The highest BCUT2D eigenvalue weighted by molar-refractivity contribution is 5.76. The van der Waals surface area contributed by atoms with Gasteiger partial charge in [-0.15, -0.1) is 0 Å². The van der Waals surface area contributed by atoms with Crippen LogP contribution in [0.15, 0.2) is 0 Å². The molecule has 0 aromatic carbocycles. The topological polar surface area (TPSA) is 35.6 Å². The van der Waals surface area contributed by atoms with Crippen LogP contribution in [0, 0.1) is 0 Å². The van der Waals surface area contributed by atoms with E-state index < -0.39 is 0 Å². The molecule has 0 radical (unpaired) electrons. The van der Waals surface area contributed by atoms with Gasteiger partial charge in [-0.3, -0.25) is 4.79 Å². The minimum Gasteiger partial charge on any atom is -0.341 e. The zero-order valence-corrected chi connectivity index (χ0v) is 9.54. The quantitative estimate of drug-likeness (QED) is 0.693. The number of rotatable bonds is 2. The molecule has 0 saturated carbocycles. The summed E-state index contributed by atoms with van der Waals surface area (Å²) in [5.74, 6) is 0.344. The lowest BCUT2D eigenvalue weighted by atomic mass is 10.1. The molecule has 15 heavy (non-hydrogen) atoms. The van der Waals surface area contributed by atoms with Crippen LogP contribution in [0.5, 0.6) is 0 Å². The Labute approximate surface area is 91.6 Å². The van der Waals surface area contributed by atoms with E-state index in [0.717, 1.165) is 45.6 Å². The number of amides is 1. The van der Waals surface area contributed by atoms with Crippen molar-refractivity contribution < 1.29 is 4.79 Å². The van der Waals surface area contributed by atoms with Gasteiger partial charge in [-0.25, -0.2) is 0 Å². The lowest BCUT2D eigenvalue weighted by Crippen LogP contribution is -2.55. The Bertz CT molecular complexity index is 232. The van der Waals surface area contributed by atoms with Gasteiger partial charge >= 0.3 is 0 Å². The van der Waals surface area contributed by atoms with Gasteiger partial charge in [0.25, 0.3) is 0 Å². The summed E-state index contributed by atoms with van der Waals surface area (Å²) in [5.41, 5.74) is 0. The van der Waals surface area contributed by atoms with Crippen molar-refractivity contribution >= 4 is 5.91 Å². The second kappa shape index (κ2) is 4.94. The van der Waals surface area contributed by atoms with Crippen molar-refractivity contribution in [2.45, 2.75) is 25.3 Å². The average molecular weight is 211 g/mol. The lowest BCUT2D eigenvalue weighted by molar-refractivity contribution is -0.133.